The molecule has 9 aromatic rings. The molecule has 0 spiro atoms. The van der Waals surface area contributed by atoms with E-state index in [1.165, 1.54) is 62.6 Å². The zero-order valence-corrected chi connectivity index (χ0v) is 26.3. The van der Waals surface area contributed by atoms with Crippen LogP contribution in [0, 0.1) is 11.3 Å². The third-order valence-electron chi connectivity index (χ3n) is 8.93. The molecule has 0 aliphatic rings. The molecule has 0 aliphatic heterocycles. The van der Waals surface area contributed by atoms with E-state index in [9.17, 15) is 5.26 Å². The highest BCUT2D eigenvalue weighted by molar-refractivity contribution is 7.26. The molecule has 214 valence electrons. The lowest BCUT2D eigenvalue weighted by Crippen LogP contribution is -1.91. The predicted molar refractivity (Wildman–Crippen MR) is 199 cm³/mol. The van der Waals surface area contributed by atoms with Crippen molar-refractivity contribution in [1.29, 1.82) is 5.26 Å². The van der Waals surface area contributed by atoms with E-state index in [1.807, 2.05) is 40.9 Å². The summed E-state index contributed by atoms with van der Waals surface area (Å²) in [5.41, 5.74) is 9.70. The molecule has 2 heterocycles. The van der Waals surface area contributed by atoms with Crippen LogP contribution in [-0.4, -0.2) is 0 Å². The molecule has 0 N–H and O–H groups in total. The van der Waals surface area contributed by atoms with Crippen molar-refractivity contribution in [2.45, 2.75) is 0 Å². The predicted octanol–water partition coefficient (Wildman–Crippen LogP) is 13.0. The van der Waals surface area contributed by atoms with Gasteiger partial charge in [0.05, 0.1) is 11.6 Å². The van der Waals surface area contributed by atoms with Crippen LogP contribution in [0.4, 0.5) is 0 Å². The summed E-state index contributed by atoms with van der Waals surface area (Å²) in [4.78, 5) is 0. The van der Waals surface area contributed by atoms with Gasteiger partial charge in [-0.1, -0.05) is 103 Å². The van der Waals surface area contributed by atoms with Crippen LogP contribution < -0.4 is 0 Å². The fourth-order valence-corrected chi connectivity index (χ4v) is 9.09. The number of rotatable bonds is 4. The molecule has 0 bridgehead atoms. The number of fused-ring (bicyclic) bond motifs is 6. The van der Waals surface area contributed by atoms with Crippen LogP contribution >= 0.6 is 22.7 Å². The van der Waals surface area contributed by atoms with Crippen molar-refractivity contribution < 1.29 is 0 Å². The molecule has 1 nitrogen and oxygen atoms in total. The van der Waals surface area contributed by atoms with Crippen molar-refractivity contribution in [3.05, 3.63) is 157 Å². The molecule has 0 unspecified atom stereocenters. The highest BCUT2D eigenvalue weighted by Gasteiger charge is 2.17. The first-order valence-corrected chi connectivity index (χ1v) is 16.9. The van der Waals surface area contributed by atoms with E-state index in [4.69, 9.17) is 0 Å². The summed E-state index contributed by atoms with van der Waals surface area (Å²) in [6.07, 6.45) is 0. The molecule has 2 aromatic heterocycles. The Kier molecular flexibility index (Phi) is 6.31. The number of hydrogen-bond acceptors (Lipinski definition) is 3. The highest BCUT2D eigenvalue weighted by Crippen LogP contribution is 2.44. The van der Waals surface area contributed by atoms with Crippen LogP contribution in [0.1, 0.15) is 5.56 Å². The van der Waals surface area contributed by atoms with E-state index in [0.717, 1.165) is 22.3 Å². The second-order valence-electron chi connectivity index (χ2n) is 11.6. The molecule has 0 aliphatic carbocycles. The second kappa shape index (κ2) is 10.8. The maximum absolute atomic E-state index is 9.98. The van der Waals surface area contributed by atoms with Gasteiger partial charge in [-0.05, 0) is 87.5 Å². The molecule has 3 heteroatoms. The Balaban J connectivity index is 1.32. The van der Waals surface area contributed by atoms with E-state index in [0.29, 0.717) is 5.56 Å². The van der Waals surface area contributed by atoms with Gasteiger partial charge in [-0.15, -0.1) is 22.7 Å². The van der Waals surface area contributed by atoms with E-state index in [1.54, 1.807) is 0 Å². The molecule has 0 saturated carbocycles. The lowest BCUT2D eigenvalue weighted by atomic mass is 9.88. The van der Waals surface area contributed by atoms with Gasteiger partial charge in [-0.3, -0.25) is 0 Å². The first kappa shape index (κ1) is 26.8. The summed E-state index contributed by atoms with van der Waals surface area (Å²) >= 11 is 3.70. The molecule has 7 aromatic carbocycles. The fourth-order valence-electron chi connectivity index (χ4n) is 6.81. The van der Waals surface area contributed by atoms with Gasteiger partial charge >= 0.3 is 0 Å². The second-order valence-corrected chi connectivity index (χ2v) is 13.8. The van der Waals surface area contributed by atoms with Crippen LogP contribution in [0.2, 0.25) is 0 Å². The summed E-state index contributed by atoms with van der Waals surface area (Å²) in [6, 6.07) is 56.7. The quantitative estimate of drug-likeness (QED) is 0.192. The van der Waals surface area contributed by atoms with Crippen molar-refractivity contribution in [3.8, 4) is 50.6 Å². The summed E-state index contributed by atoms with van der Waals surface area (Å²) < 4.78 is 5.20. The van der Waals surface area contributed by atoms with Crippen molar-refractivity contribution in [2.75, 3.05) is 0 Å². The van der Waals surface area contributed by atoms with E-state index >= 15 is 0 Å². The molecule has 0 amide bonds. The normalized spacial score (nSPS) is 11.5. The van der Waals surface area contributed by atoms with Crippen LogP contribution in [0.5, 0.6) is 0 Å². The van der Waals surface area contributed by atoms with E-state index in [-0.39, 0.29) is 0 Å². The SMILES string of the molecule is N#Cc1ccccc1-c1ccccc1-c1cc(-c2ccc3c(c2)sc2ccccc23)cc(-c2cccc3sc4ccccc4c23)c1. The zero-order chi connectivity index (χ0) is 30.6. The standard InChI is InChI=1S/C43H25NS2/c44-26-28-10-1-2-11-32(28)35-13-4-3-12-33(35)30-22-29(27-20-21-37-36-14-5-7-17-39(36)46-42(37)25-27)23-31(24-30)34-16-9-19-41-43(34)38-15-6-8-18-40(38)45-41/h1-25H. The maximum Gasteiger partial charge on any atom is 0.0998 e. The van der Waals surface area contributed by atoms with Gasteiger partial charge in [0.1, 0.15) is 0 Å². The Morgan fingerprint density at radius 1 is 0.370 bits per heavy atom. The minimum absolute atomic E-state index is 0.677. The van der Waals surface area contributed by atoms with Crippen molar-refractivity contribution in [1.82, 2.24) is 0 Å². The average Bonchev–Trinajstić information content (AvgIpc) is 3.69. The lowest BCUT2D eigenvalue weighted by Gasteiger charge is -2.16. The summed E-state index contributed by atoms with van der Waals surface area (Å²) in [5.74, 6) is 0. The van der Waals surface area contributed by atoms with Crippen LogP contribution in [0.3, 0.4) is 0 Å². The number of hydrogen-bond donors (Lipinski definition) is 0. The van der Waals surface area contributed by atoms with Crippen molar-refractivity contribution >= 4 is 63.0 Å². The Morgan fingerprint density at radius 2 is 0.935 bits per heavy atom. The maximum atomic E-state index is 9.98. The minimum atomic E-state index is 0.677. The topological polar surface area (TPSA) is 23.8 Å². The smallest absolute Gasteiger partial charge is 0.0998 e. The number of nitriles is 1. The van der Waals surface area contributed by atoms with Gasteiger partial charge in [0, 0.05) is 45.9 Å². The number of thiophene rings is 2. The van der Waals surface area contributed by atoms with Crippen molar-refractivity contribution in [2.24, 2.45) is 0 Å². The molecular formula is C43H25NS2. The lowest BCUT2D eigenvalue weighted by molar-refractivity contribution is 1.47. The van der Waals surface area contributed by atoms with Gasteiger partial charge in [-0.25, -0.2) is 0 Å². The van der Waals surface area contributed by atoms with Crippen LogP contribution in [-0.2, 0) is 0 Å². The van der Waals surface area contributed by atoms with Gasteiger partial charge in [0.25, 0.3) is 0 Å². The number of nitrogens with zero attached hydrogens (tertiary/aromatic N) is 1. The fraction of sp³-hybridized carbons (Fsp3) is 0. The summed E-state index contributed by atoms with van der Waals surface area (Å²) in [7, 11) is 0. The third-order valence-corrected chi connectivity index (χ3v) is 11.2. The monoisotopic (exact) mass is 619 g/mol. The largest absolute Gasteiger partial charge is 0.192 e. The molecule has 0 atom stereocenters. The van der Waals surface area contributed by atoms with Gasteiger partial charge in [0.15, 0.2) is 0 Å². The molecule has 0 fully saturated rings. The highest BCUT2D eigenvalue weighted by atomic mass is 32.1. The Labute approximate surface area is 274 Å². The summed E-state index contributed by atoms with van der Waals surface area (Å²) in [5, 5.41) is 15.2. The minimum Gasteiger partial charge on any atom is -0.192 e. The van der Waals surface area contributed by atoms with Crippen LogP contribution in [0.15, 0.2) is 152 Å². The first-order valence-electron chi connectivity index (χ1n) is 15.3. The Morgan fingerprint density at radius 3 is 1.76 bits per heavy atom. The molecule has 9 rings (SSSR count). The molecule has 46 heavy (non-hydrogen) atoms. The molecule has 0 radical (unpaired) electrons. The molecular weight excluding hydrogens is 595 g/mol. The average molecular weight is 620 g/mol. The third kappa shape index (κ3) is 4.35. The van der Waals surface area contributed by atoms with E-state index < -0.39 is 0 Å². The Bertz CT molecular complexity index is 2670. The molecule has 0 saturated heterocycles. The van der Waals surface area contributed by atoms with Crippen LogP contribution in [0.25, 0.3) is 84.9 Å². The summed E-state index contributed by atoms with van der Waals surface area (Å²) in [6.45, 7) is 0. The first-order chi connectivity index (χ1) is 22.7. The van der Waals surface area contributed by atoms with Crippen molar-refractivity contribution in [3.63, 3.8) is 0 Å². The van der Waals surface area contributed by atoms with E-state index in [2.05, 4.69) is 140 Å². The van der Waals surface area contributed by atoms with Gasteiger partial charge < -0.3 is 0 Å². The van der Waals surface area contributed by atoms with Gasteiger partial charge in [0.2, 0.25) is 0 Å². The van der Waals surface area contributed by atoms with Gasteiger partial charge in [-0.2, -0.15) is 5.26 Å². The number of benzene rings is 7. The Hall–Kier alpha value is -5.53. The zero-order valence-electron chi connectivity index (χ0n) is 24.7.